The van der Waals surface area contributed by atoms with Gasteiger partial charge in [-0.05, 0) is 54.5 Å². The van der Waals surface area contributed by atoms with Gasteiger partial charge in [-0.2, -0.15) is 0 Å². The van der Waals surface area contributed by atoms with Crippen molar-refractivity contribution in [2.24, 2.45) is 0 Å². The smallest absolute Gasteiger partial charge is 0.218 e. The van der Waals surface area contributed by atoms with E-state index in [1.54, 1.807) is 0 Å². The molecule has 0 radical (unpaired) electrons. The van der Waals surface area contributed by atoms with Gasteiger partial charge in [-0.1, -0.05) is 18.2 Å². The summed E-state index contributed by atoms with van der Waals surface area (Å²) in [5, 5.41) is 2.49. The highest BCUT2D eigenvalue weighted by molar-refractivity contribution is 5.84. The molecular formula is C25H19N2O+. The van der Waals surface area contributed by atoms with Crippen molar-refractivity contribution in [2.75, 3.05) is 24.5 Å². The van der Waals surface area contributed by atoms with Crippen LogP contribution in [0, 0.1) is 0 Å². The second kappa shape index (κ2) is 5.14. The third-order valence-corrected chi connectivity index (χ3v) is 6.31. The lowest BCUT2D eigenvalue weighted by molar-refractivity contribution is 0.464. The Labute approximate surface area is 163 Å². The van der Waals surface area contributed by atoms with Crippen molar-refractivity contribution in [3.63, 3.8) is 0 Å². The number of benzene rings is 2. The van der Waals surface area contributed by atoms with Crippen LogP contribution in [0.25, 0.3) is 24.3 Å². The minimum atomic E-state index is 0.921. The van der Waals surface area contributed by atoms with Gasteiger partial charge in [0.2, 0.25) is 5.36 Å². The van der Waals surface area contributed by atoms with E-state index < -0.39 is 0 Å². The maximum Gasteiger partial charge on any atom is 0.218 e. The van der Waals surface area contributed by atoms with Gasteiger partial charge >= 0.3 is 0 Å². The quantitative estimate of drug-likeness (QED) is 0.571. The molecule has 0 amide bonds. The monoisotopic (exact) mass is 363 g/mol. The topological polar surface area (TPSA) is 15.5 Å². The maximum atomic E-state index is 6.70. The molecule has 0 aromatic heterocycles. The molecule has 0 saturated carbocycles. The maximum absolute atomic E-state index is 6.70. The van der Waals surface area contributed by atoms with Crippen molar-refractivity contribution in [1.29, 1.82) is 0 Å². The van der Waals surface area contributed by atoms with E-state index in [0.717, 1.165) is 37.6 Å². The SMILES string of the molecule is C1=CN2CC=Cc3cc4c(c(c32)C1)Oc1c2c3c(cc1=C4)C=CC[N+]=3CC=C2. The van der Waals surface area contributed by atoms with Crippen LogP contribution in [-0.4, -0.2) is 19.6 Å². The molecular weight excluding hydrogens is 344 g/mol. The molecule has 5 heterocycles. The summed E-state index contributed by atoms with van der Waals surface area (Å²) in [5.41, 5.74) is 7.61. The zero-order chi connectivity index (χ0) is 18.2. The fourth-order valence-electron chi connectivity index (χ4n) is 5.17. The standard InChI is InChI=1S/C25H19N2O/c1-5-16-13-18-15-19-14-17-6-2-10-27-12-4-8-21(23(17)27)25(19)28-24(18)20-7-3-11-26(9-1)22(16)20/h1-7,12-15H,8-11H2/q+1. The number of rotatable bonds is 0. The third-order valence-electron chi connectivity index (χ3n) is 6.31. The van der Waals surface area contributed by atoms with Crippen LogP contribution < -0.4 is 24.8 Å². The Morgan fingerprint density at radius 2 is 1.75 bits per heavy atom. The molecule has 7 rings (SSSR count). The van der Waals surface area contributed by atoms with E-state index in [2.05, 4.69) is 76.4 Å². The molecule has 0 unspecified atom stereocenters. The molecule has 3 heteroatoms. The molecule has 0 atom stereocenters. The molecule has 0 N–H and O–H groups in total. The Balaban J connectivity index is 1.56. The van der Waals surface area contributed by atoms with E-state index >= 15 is 0 Å². The van der Waals surface area contributed by atoms with E-state index in [9.17, 15) is 0 Å². The fraction of sp³-hybridized carbons (Fsp3) is 0.160. The summed E-state index contributed by atoms with van der Waals surface area (Å²) in [7, 11) is 0. The molecule has 2 aromatic rings. The molecule has 3 nitrogen and oxygen atoms in total. The third kappa shape index (κ3) is 1.81. The first-order chi connectivity index (χ1) is 13.9. The van der Waals surface area contributed by atoms with E-state index in [0.29, 0.717) is 0 Å². The van der Waals surface area contributed by atoms with E-state index in [-0.39, 0.29) is 0 Å². The van der Waals surface area contributed by atoms with Crippen LogP contribution in [0.2, 0.25) is 0 Å². The second-order valence-electron chi connectivity index (χ2n) is 7.96. The predicted octanol–water partition coefficient (Wildman–Crippen LogP) is 3.07. The first-order valence-electron chi connectivity index (χ1n) is 9.98. The number of hydrogen-bond donors (Lipinski definition) is 0. The van der Waals surface area contributed by atoms with Crippen molar-refractivity contribution in [2.45, 2.75) is 6.42 Å². The van der Waals surface area contributed by atoms with Gasteiger partial charge in [0.25, 0.3) is 0 Å². The van der Waals surface area contributed by atoms with Crippen LogP contribution in [0.1, 0.15) is 27.8 Å². The van der Waals surface area contributed by atoms with Crippen LogP contribution in [-0.2, 0) is 6.42 Å². The Kier molecular flexibility index (Phi) is 2.69. The first-order valence-corrected chi connectivity index (χ1v) is 9.98. The van der Waals surface area contributed by atoms with E-state index in [4.69, 9.17) is 4.74 Å². The second-order valence-corrected chi connectivity index (χ2v) is 7.96. The van der Waals surface area contributed by atoms with E-state index in [1.807, 2.05) is 0 Å². The lowest BCUT2D eigenvalue weighted by Gasteiger charge is -2.33. The van der Waals surface area contributed by atoms with Crippen LogP contribution in [0.5, 0.6) is 11.5 Å². The van der Waals surface area contributed by atoms with Crippen LogP contribution in [0.15, 0.2) is 42.6 Å². The van der Waals surface area contributed by atoms with Crippen LogP contribution in [0.3, 0.4) is 0 Å². The minimum absolute atomic E-state index is 0.921. The first kappa shape index (κ1) is 14.7. The molecule has 0 bridgehead atoms. The molecule has 2 aromatic carbocycles. The van der Waals surface area contributed by atoms with Crippen molar-refractivity contribution < 1.29 is 4.74 Å². The molecule has 5 aliphatic heterocycles. The normalized spacial score (nSPS) is 18.7. The van der Waals surface area contributed by atoms with Gasteiger partial charge < -0.3 is 9.64 Å². The van der Waals surface area contributed by atoms with Gasteiger partial charge in [-0.3, -0.25) is 0 Å². The summed E-state index contributed by atoms with van der Waals surface area (Å²) < 4.78 is 9.13. The van der Waals surface area contributed by atoms with Gasteiger partial charge in [0.1, 0.15) is 11.5 Å². The molecule has 0 spiro atoms. The molecule has 5 aliphatic rings. The zero-order valence-corrected chi connectivity index (χ0v) is 15.5. The molecule has 28 heavy (non-hydrogen) atoms. The van der Waals surface area contributed by atoms with Gasteiger partial charge in [-0.15, -0.1) is 0 Å². The summed E-state index contributed by atoms with van der Waals surface area (Å²) in [6, 6.07) is 4.56. The Bertz CT molecular complexity index is 1330. The van der Waals surface area contributed by atoms with Gasteiger partial charge in [0, 0.05) is 34.7 Å². The van der Waals surface area contributed by atoms with Gasteiger partial charge in [0.05, 0.1) is 11.3 Å². The molecule has 134 valence electrons. The molecule has 0 fully saturated rings. The summed E-state index contributed by atoms with van der Waals surface area (Å²) in [4.78, 5) is 2.33. The average molecular weight is 363 g/mol. The summed E-state index contributed by atoms with van der Waals surface area (Å²) in [5.74, 6) is 2.04. The highest BCUT2D eigenvalue weighted by Gasteiger charge is 2.29. The molecule has 0 saturated heterocycles. The Morgan fingerprint density at radius 3 is 2.71 bits per heavy atom. The zero-order valence-electron chi connectivity index (χ0n) is 15.5. The Morgan fingerprint density at radius 1 is 0.857 bits per heavy atom. The highest BCUT2D eigenvalue weighted by Crippen LogP contribution is 2.44. The van der Waals surface area contributed by atoms with Crippen molar-refractivity contribution in [1.82, 2.24) is 4.58 Å². The fourth-order valence-corrected chi connectivity index (χ4v) is 5.17. The lowest BCUT2D eigenvalue weighted by Crippen LogP contribution is -2.40. The van der Waals surface area contributed by atoms with E-state index in [1.165, 1.54) is 44.1 Å². The number of ether oxygens (including phenoxy) is 1. The number of anilines is 1. The van der Waals surface area contributed by atoms with Gasteiger partial charge in [-0.25, -0.2) is 4.58 Å². The molecule has 0 aliphatic carbocycles. The number of fused-ring (bicyclic) bond motifs is 4. The van der Waals surface area contributed by atoms with Gasteiger partial charge in [0.15, 0.2) is 13.1 Å². The average Bonchev–Trinajstić information content (AvgIpc) is 2.74. The largest absolute Gasteiger partial charge is 0.455 e. The number of allylic oxidation sites excluding steroid dienone is 1. The van der Waals surface area contributed by atoms with Crippen LogP contribution >= 0.6 is 0 Å². The van der Waals surface area contributed by atoms with Crippen molar-refractivity contribution in [3.8, 4) is 11.5 Å². The predicted molar refractivity (Wildman–Crippen MR) is 114 cm³/mol. The van der Waals surface area contributed by atoms with Crippen molar-refractivity contribution >= 4 is 30.0 Å². The lowest BCUT2D eigenvalue weighted by atomic mass is 9.91. The number of nitrogens with zero attached hydrogens (tertiary/aromatic N) is 2. The summed E-state index contributed by atoms with van der Waals surface area (Å²) in [6.07, 6.45) is 21.1. The minimum Gasteiger partial charge on any atom is -0.455 e. The summed E-state index contributed by atoms with van der Waals surface area (Å²) >= 11 is 0. The highest BCUT2D eigenvalue weighted by atomic mass is 16.5. The van der Waals surface area contributed by atoms with Crippen LogP contribution in [0.4, 0.5) is 5.69 Å². The van der Waals surface area contributed by atoms with Crippen molar-refractivity contribution in [3.05, 3.63) is 81.0 Å². The Hall–Kier alpha value is -3.33. The number of hydrogen-bond acceptors (Lipinski definition) is 2. The summed E-state index contributed by atoms with van der Waals surface area (Å²) in [6.45, 7) is 2.86.